The van der Waals surface area contributed by atoms with E-state index in [1.54, 1.807) is 0 Å². The number of nitrogens with zero attached hydrogens (tertiary/aromatic N) is 3. The van der Waals surface area contributed by atoms with E-state index in [1.807, 2.05) is 6.26 Å². The summed E-state index contributed by atoms with van der Waals surface area (Å²) in [5.74, 6) is 0.757. The van der Waals surface area contributed by atoms with Crippen molar-refractivity contribution in [2.75, 3.05) is 13.3 Å². The maximum absolute atomic E-state index is 5.28. The molecule has 15 heavy (non-hydrogen) atoms. The first kappa shape index (κ1) is 11.0. The molecule has 0 bridgehead atoms. The number of thioether (sulfide) groups is 1. The van der Waals surface area contributed by atoms with Crippen LogP contribution in [0.1, 0.15) is 38.6 Å². The van der Waals surface area contributed by atoms with Crippen molar-refractivity contribution in [3.63, 3.8) is 0 Å². The van der Waals surface area contributed by atoms with Crippen molar-refractivity contribution in [2.24, 2.45) is 0 Å². The number of rotatable bonds is 2. The predicted molar refractivity (Wildman–Crippen MR) is 59.9 cm³/mol. The Bertz CT molecular complexity index is 350. The molecule has 0 spiro atoms. The van der Waals surface area contributed by atoms with Crippen molar-refractivity contribution in [3.8, 4) is 0 Å². The number of aromatic nitrogens is 2. The Morgan fingerprint density at radius 2 is 2.27 bits per heavy atom. The monoisotopic (exact) mass is 227 g/mol. The molecule has 2 rings (SSSR count). The minimum atomic E-state index is 0.235. The second-order valence-corrected chi connectivity index (χ2v) is 5.37. The fourth-order valence-corrected chi connectivity index (χ4v) is 2.30. The first-order valence-electron chi connectivity index (χ1n) is 5.15. The quantitative estimate of drug-likeness (QED) is 0.725. The molecule has 1 atom stereocenters. The van der Waals surface area contributed by atoms with Crippen LogP contribution in [0.25, 0.3) is 0 Å². The van der Waals surface area contributed by atoms with Crippen LogP contribution in [0.15, 0.2) is 9.68 Å². The van der Waals surface area contributed by atoms with Gasteiger partial charge in [0.15, 0.2) is 0 Å². The lowest BCUT2D eigenvalue weighted by Crippen LogP contribution is -2.36. The summed E-state index contributed by atoms with van der Waals surface area (Å²) in [4.78, 5) is 6.69. The highest BCUT2D eigenvalue weighted by molar-refractivity contribution is 7.98. The van der Waals surface area contributed by atoms with Gasteiger partial charge in [-0.15, -0.1) is 0 Å². The molecular formula is C10H17N3OS. The summed E-state index contributed by atoms with van der Waals surface area (Å²) in [6.45, 7) is 4.50. The molecule has 0 amide bonds. The van der Waals surface area contributed by atoms with Crippen molar-refractivity contribution in [1.82, 2.24) is 15.0 Å². The van der Waals surface area contributed by atoms with Crippen LogP contribution in [0, 0.1) is 0 Å². The van der Waals surface area contributed by atoms with Gasteiger partial charge in [-0.05, 0) is 40.0 Å². The van der Waals surface area contributed by atoms with Gasteiger partial charge in [-0.3, -0.25) is 4.90 Å². The van der Waals surface area contributed by atoms with Gasteiger partial charge in [0.2, 0.25) is 11.0 Å². The van der Waals surface area contributed by atoms with E-state index in [4.69, 9.17) is 4.52 Å². The summed E-state index contributed by atoms with van der Waals surface area (Å²) in [6, 6.07) is 0.286. The minimum absolute atomic E-state index is 0.235. The van der Waals surface area contributed by atoms with Crippen LogP contribution in [0.4, 0.5) is 0 Å². The second kappa shape index (κ2) is 3.79. The summed E-state index contributed by atoms with van der Waals surface area (Å²) < 4.78 is 5.28. The van der Waals surface area contributed by atoms with E-state index < -0.39 is 0 Å². The van der Waals surface area contributed by atoms with Crippen molar-refractivity contribution in [3.05, 3.63) is 5.89 Å². The van der Waals surface area contributed by atoms with Crippen LogP contribution in [0.5, 0.6) is 0 Å². The molecule has 2 heterocycles. The van der Waals surface area contributed by atoms with E-state index in [9.17, 15) is 0 Å². The van der Waals surface area contributed by atoms with Crippen molar-refractivity contribution >= 4 is 11.8 Å². The smallest absolute Gasteiger partial charge is 0.244 e. The van der Waals surface area contributed by atoms with Crippen LogP contribution in [-0.2, 0) is 0 Å². The lowest BCUT2D eigenvalue weighted by atomic mass is 10.0. The molecule has 0 aromatic carbocycles. The molecule has 1 saturated heterocycles. The van der Waals surface area contributed by atoms with Gasteiger partial charge in [-0.25, -0.2) is 0 Å². The average Bonchev–Trinajstić information content (AvgIpc) is 2.74. The molecule has 0 aliphatic carbocycles. The molecule has 1 aliphatic rings. The molecule has 4 nitrogen and oxygen atoms in total. The van der Waals surface area contributed by atoms with Gasteiger partial charge in [0.25, 0.3) is 0 Å². The largest absolute Gasteiger partial charge is 0.337 e. The Labute approximate surface area is 94.4 Å². The van der Waals surface area contributed by atoms with Crippen LogP contribution in [0.3, 0.4) is 0 Å². The Hall–Kier alpha value is -0.550. The van der Waals surface area contributed by atoms with Crippen LogP contribution in [-0.4, -0.2) is 33.9 Å². The Balaban J connectivity index is 2.19. The number of hydrogen-bond donors (Lipinski definition) is 0. The first-order chi connectivity index (χ1) is 7.04. The molecular weight excluding hydrogens is 210 g/mol. The number of hydrogen-bond acceptors (Lipinski definition) is 5. The van der Waals surface area contributed by atoms with E-state index >= 15 is 0 Å². The third-order valence-electron chi connectivity index (χ3n) is 3.34. The molecule has 84 valence electrons. The lowest BCUT2D eigenvalue weighted by Gasteiger charge is -2.30. The highest BCUT2D eigenvalue weighted by Gasteiger charge is 2.39. The topological polar surface area (TPSA) is 42.2 Å². The molecule has 5 heteroatoms. The van der Waals surface area contributed by atoms with Crippen molar-refractivity contribution in [1.29, 1.82) is 0 Å². The number of likely N-dealkylation sites (tertiary alicyclic amines) is 1. The summed E-state index contributed by atoms with van der Waals surface area (Å²) >= 11 is 1.52. The van der Waals surface area contributed by atoms with Crippen LogP contribution in [0.2, 0.25) is 0 Å². The van der Waals surface area contributed by atoms with Crippen molar-refractivity contribution in [2.45, 2.75) is 43.4 Å². The van der Waals surface area contributed by atoms with Crippen LogP contribution >= 0.6 is 11.8 Å². The molecule has 0 radical (unpaired) electrons. The summed E-state index contributed by atoms with van der Waals surface area (Å²) in [7, 11) is 2.13. The average molecular weight is 227 g/mol. The third-order valence-corrected chi connectivity index (χ3v) is 3.87. The van der Waals surface area contributed by atoms with Crippen molar-refractivity contribution < 1.29 is 4.52 Å². The van der Waals surface area contributed by atoms with Gasteiger partial charge in [0.05, 0.1) is 6.04 Å². The lowest BCUT2D eigenvalue weighted by molar-refractivity contribution is 0.146. The van der Waals surface area contributed by atoms with Crippen LogP contribution < -0.4 is 0 Å². The third kappa shape index (κ3) is 1.90. The molecule has 1 aliphatic heterocycles. The van der Waals surface area contributed by atoms with E-state index in [-0.39, 0.29) is 11.6 Å². The Morgan fingerprint density at radius 1 is 1.53 bits per heavy atom. The Kier molecular flexibility index (Phi) is 2.77. The van der Waals surface area contributed by atoms with Gasteiger partial charge in [0, 0.05) is 5.54 Å². The normalized spacial score (nSPS) is 26.0. The maximum atomic E-state index is 5.28. The fraction of sp³-hybridized carbons (Fsp3) is 0.800. The van der Waals surface area contributed by atoms with Gasteiger partial charge < -0.3 is 4.52 Å². The maximum Gasteiger partial charge on any atom is 0.244 e. The highest BCUT2D eigenvalue weighted by atomic mass is 32.2. The molecule has 0 N–H and O–H groups in total. The molecule has 1 unspecified atom stereocenters. The van der Waals surface area contributed by atoms with Gasteiger partial charge >= 0.3 is 0 Å². The SMILES string of the molecule is CSc1noc(C2CCC(C)(C)N2C)n1. The zero-order chi connectivity index (χ0) is 11.1. The van der Waals surface area contributed by atoms with Gasteiger partial charge in [0.1, 0.15) is 0 Å². The highest BCUT2D eigenvalue weighted by Crippen LogP contribution is 2.40. The van der Waals surface area contributed by atoms with E-state index in [2.05, 4.69) is 35.9 Å². The predicted octanol–water partition coefficient (Wildman–Crippen LogP) is 2.34. The van der Waals surface area contributed by atoms with Gasteiger partial charge in [-0.2, -0.15) is 4.98 Å². The van der Waals surface area contributed by atoms with E-state index in [1.165, 1.54) is 18.2 Å². The Morgan fingerprint density at radius 3 is 2.73 bits per heavy atom. The standard InChI is InChI=1S/C10H17N3OS/c1-10(2)6-5-7(13(10)3)8-11-9(15-4)12-14-8/h7H,5-6H2,1-4H3. The molecule has 0 saturated carbocycles. The summed E-state index contributed by atoms with van der Waals surface area (Å²) in [6.07, 6.45) is 4.22. The molecule has 1 fully saturated rings. The zero-order valence-electron chi connectivity index (χ0n) is 9.65. The fourth-order valence-electron chi connectivity index (χ4n) is 2.01. The van der Waals surface area contributed by atoms with E-state index in [0.717, 1.165) is 17.5 Å². The van der Waals surface area contributed by atoms with Gasteiger partial charge in [-0.1, -0.05) is 16.9 Å². The zero-order valence-corrected chi connectivity index (χ0v) is 10.5. The molecule has 1 aromatic heterocycles. The molecule has 1 aromatic rings. The second-order valence-electron chi connectivity index (χ2n) is 4.60. The summed E-state index contributed by atoms with van der Waals surface area (Å²) in [5.41, 5.74) is 0.235. The van der Waals surface area contributed by atoms with E-state index in [0.29, 0.717) is 0 Å². The minimum Gasteiger partial charge on any atom is -0.337 e. The summed E-state index contributed by atoms with van der Waals surface area (Å²) in [5, 5.41) is 4.64. The first-order valence-corrected chi connectivity index (χ1v) is 6.37.